The van der Waals surface area contributed by atoms with Crippen LogP contribution in [0.5, 0.6) is 0 Å². The number of carbonyl (C=O) groups is 3. The van der Waals surface area contributed by atoms with Crippen LogP contribution in [0.2, 0.25) is 0 Å². The number of alkyl carbamates (subject to hydrolysis) is 1. The highest BCUT2D eigenvalue weighted by atomic mass is 16.5. The molecule has 0 spiro atoms. The zero-order valence-corrected chi connectivity index (χ0v) is 14.4. The van der Waals surface area contributed by atoms with Crippen LogP contribution in [0.25, 0.3) is 0 Å². The van der Waals surface area contributed by atoms with Gasteiger partial charge in [-0.25, -0.2) is 4.79 Å². The Morgan fingerprint density at radius 2 is 1.76 bits per heavy atom. The smallest absolute Gasteiger partial charge is 0.408 e. The van der Waals surface area contributed by atoms with Crippen molar-refractivity contribution in [1.82, 2.24) is 10.6 Å². The summed E-state index contributed by atoms with van der Waals surface area (Å²) in [7, 11) is 0. The van der Waals surface area contributed by atoms with E-state index in [1.165, 1.54) is 0 Å². The molecule has 1 aromatic rings. The molecule has 0 heterocycles. The quantitative estimate of drug-likeness (QED) is 0.508. The van der Waals surface area contributed by atoms with E-state index in [1.54, 1.807) is 24.3 Å². The number of hydrogen-bond acceptors (Lipinski definition) is 5. The third-order valence-electron chi connectivity index (χ3n) is 3.37. The van der Waals surface area contributed by atoms with Gasteiger partial charge in [-0.1, -0.05) is 44.2 Å². The van der Waals surface area contributed by atoms with Gasteiger partial charge in [0.25, 0.3) is 0 Å². The minimum absolute atomic E-state index is 0.0314. The van der Waals surface area contributed by atoms with Gasteiger partial charge in [-0.05, 0) is 17.9 Å². The third kappa shape index (κ3) is 7.67. The molecule has 0 fully saturated rings. The number of benzene rings is 1. The van der Waals surface area contributed by atoms with E-state index >= 15 is 0 Å². The number of nitrogens with one attached hydrogen (secondary N) is 2. The fourth-order valence-electron chi connectivity index (χ4n) is 2.09. The van der Waals surface area contributed by atoms with Crippen LogP contribution in [0.15, 0.2) is 30.3 Å². The summed E-state index contributed by atoms with van der Waals surface area (Å²) in [6.07, 6.45) is -0.491. The second-order valence-corrected chi connectivity index (χ2v) is 6.03. The number of primary amides is 1. The van der Waals surface area contributed by atoms with E-state index in [9.17, 15) is 19.5 Å². The molecular formula is C17H25N3O5. The lowest BCUT2D eigenvalue weighted by atomic mass is 10.0. The van der Waals surface area contributed by atoms with Gasteiger partial charge in [0, 0.05) is 0 Å². The number of aliphatic hydroxyl groups excluding tert-OH is 1. The van der Waals surface area contributed by atoms with Gasteiger partial charge in [-0.15, -0.1) is 0 Å². The van der Waals surface area contributed by atoms with Crippen LogP contribution in [0.4, 0.5) is 4.79 Å². The van der Waals surface area contributed by atoms with Crippen molar-refractivity contribution in [1.29, 1.82) is 0 Å². The Balaban J connectivity index is 2.54. The van der Waals surface area contributed by atoms with Crippen LogP contribution < -0.4 is 16.4 Å². The summed E-state index contributed by atoms with van der Waals surface area (Å²) in [5.41, 5.74) is 6.05. The molecule has 3 amide bonds. The molecule has 5 N–H and O–H groups in total. The maximum atomic E-state index is 12.1. The highest BCUT2D eigenvalue weighted by molar-refractivity contribution is 5.90. The molecule has 0 aliphatic heterocycles. The van der Waals surface area contributed by atoms with Crippen molar-refractivity contribution in [3.8, 4) is 0 Å². The molecule has 0 saturated heterocycles. The van der Waals surface area contributed by atoms with Crippen molar-refractivity contribution in [3.05, 3.63) is 35.9 Å². The topological polar surface area (TPSA) is 131 Å². The zero-order chi connectivity index (χ0) is 18.8. The first-order chi connectivity index (χ1) is 11.8. The molecule has 25 heavy (non-hydrogen) atoms. The van der Waals surface area contributed by atoms with E-state index in [2.05, 4.69) is 10.6 Å². The molecule has 1 aromatic carbocycles. The number of nitrogens with two attached hydrogens (primary N) is 1. The molecule has 0 radical (unpaired) electrons. The lowest BCUT2D eigenvalue weighted by Gasteiger charge is -2.21. The lowest BCUT2D eigenvalue weighted by Crippen LogP contribution is -2.54. The van der Waals surface area contributed by atoms with Crippen LogP contribution in [-0.4, -0.2) is 41.7 Å². The van der Waals surface area contributed by atoms with Gasteiger partial charge in [0.1, 0.15) is 18.7 Å². The molecule has 0 saturated carbocycles. The van der Waals surface area contributed by atoms with Crippen molar-refractivity contribution in [2.45, 2.75) is 39.0 Å². The Morgan fingerprint density at radius 3 is 2.28 bits per heavy atom. The second kappa shape index (κ2) is 10.3. The molecular weight excluding hydrogens is 326 g/mol. The Morgan fingerprint density at radius 1 is 1.12 bits per heavy atom. The molecule has 2 atom stereocenters. The summed E-state index contributed by atoms with van der Waals surface area (Å²) >= 11 is 0. The van der Waals surface area contributed by atoms with Gasteiger partial charge in [-0.2, -0.15) is 0 Å². The van der Waals surface area contributed by atoms with Gasteiger partial charge >= 0.3 is 6.09 Å². The fourth-order valence-corrected chi connectivity index (χ4v) is 2.09. The van der Waals surface area contributed by atoms with E-state index in [-0.39, 0.29) is 12.5 Å². The predicted octanol–water partition coefficient (Wildman–Crippen LogP) is 0.290. The maximum Gasteiger partial charge on any atom is 0.408 e. The van der Waals surface area contributed by atoms with Crippen molar-refractivity contribution < 1.29 is 24.2 Å². The molecule has 8 heteroatoms. The Bertz CT molecular complexity index is 577. The van der Waals surface area contributed by atoms with Gasteiger partial charge in [0.2, 0.25) is 11.8 Å². The van der Waals surface area contributed by atoms with Crippen LogP contribution in [-0.2, 0) is 20.9 Å². The van der Waals surface area contributed by atoms with Crippen LogP contribution in [0.1, 0.15) is 25.8 Å². The third-order valence-corrected chi connectivity index (χ3v) is 3.37. The molecule has 0 aliphatic carbocycles. The Kier molecular flexibility index (Phi) is 8.42. The Labute approximate surface area is 146 Å². The molecule has 1 rings (SSSR count). The minimum Gasteiger partial charge on any atom is -0.445 e. The van der Waals surface area contributed by atoms with Crippen LogP contribution in [0, 0.1) is 5.92 Å². The number of rotatable bonds is 9. The van der Waals surface area contributed by atoms with Gasteiger partial charge in [0.05, 0.1) is 6.61 Å². The van der Waals surface area contributed by atoms with Crippen molar-refractivity contribution in [2.24, 2.45) is 11.7 Å². The van der Waals surface area contributed by atoms with Gasteiger partial charge in [-0.3, -0.25) is 9.59 Å². The molecule has 138 valence electrons. The number of hydrogen-bond donors (Lipinski definition) is 4. The summed E-state index contributed by atoms with van der Waals surface area (Å²) in [5.74, 6) is -1.25. The first kappa shape index (κ1) is 20.4. The highest BCUT2D eigenvalue weighted by Gasteiger charge is 2.26. The van der Waals surface area contributed by atoms with Gasteiger partial charge in [0.15, 0.2) is 0 Å². The van der Waals surface area contributed by atoms with E-state index in [0.29, 0.717) is 6.42 Å². The van der Waals surface area contributed by atoms with Crippen LogP contribution in [0.3, 0.4) is 0 Å². The number of aliphatic hydroxyl groups is 1. The highest BCUT2D eigenvalue weighted by Crippen LogP contribution is 2.05. The van der Waals surface area contributed by atoms with E-state index in [1.807, 2.05) is 19.9 Å². The SMILES string of the molecule is CC(C)C[C@H](NC(=O)[C@H](CO)NC(=O)OCc1ccccc1)C(N)=O. The predicted molar refractivity (Wildman–Crippen MR) is 91.2 cm³/mol. The minimum atomic E-state index is -1.24. The standard InChI is InChI=1S/C17H25N3O5/c1-11(2)8-13(15(18)22)19-16(23)14(9-21)20-17(24)25-10-12-6-4-3-5-7-12/h3-7,11,13-14,21H,8-10H2,1-2H3,(H2,18,22)(H,19,23)(H,20,24)/t13-,14-/m0/s1. The molecule has 0 aliphatic rings. The van der Waals surface area contributed by atoms with Gasteiger partial charge < -0.3 is 26.2 Å². The average molecular weight is 351 g/mol. The number of amides is 3. The summed E-state index contributed by atoms with van der Waals surface area (Å²) in [6.45, 7) is 3.15. The number of carbonyl (C=O) groups excluding carboxylic acids is 3. The summed E-state index contributed by atoms with van der Waals surface area (Å²) in [4.78, 5) is 35.3. The Hall–Kier alpha value is -2.61. The lowest BCUT2D eigenvalue weighted by molar-refractivity contribution is -0.129. The molecule has 0 aromatic heterocycles. The van der Waals surface area contributed by atoms with E-state index in [0.717, 1.165) is 5.56 Å². The first-order valence-electron chi connectivity index (χ1n) is 8.01. The van der Waals surface area contributed by atoms with E-state index in [4.69, 9.17) is 10.5 Å². The largest absolute Gasteiger partial charge is 0.445 e. The van der Waals surface area contributed by atoms with Crippen molar-refractivity contribution >= 4 is 17.9 Å². The van der Waals surface area contributed by atoms with E-state index < -0.39 is 36.6 Å². The van der Waals surface area contributed by atoms with Crippen LogP contribution >= 0.6 is 0 Å². The summed E-state index contributed by atoms with van der Waals surface area (Å²) in [5, 5.41) is 14.0. The van der Waals surface area contributed by atoms with Crippen molar-refractivity contribution in [3.63, 3.8) is 0 Å². The fraction of sp³-hybridized carbons (Fsp3) is 0.471. The molecule has 0 bridgehead atoms. The number of ether oxygens (including phenoxy) is 1. The summed E-state index contributed by atoms with van der Waals surface area (Å²) < 4.78 is 4.99. The molecule has 8 nitrogen and oxygen atoms in total. The maximum absolute atomic E-state index is 12.1. The summed E-state index contributed by atoms with van der Waals surface area (Å²) in [6, 6.07) is 6.90. The zero-order valence-electron chi connectivity index (χ0n) is 14.4. The monoisotopic (exact) mass is 351 g/mol. The first-order valence-corrected chi connectivity index (χ1v) is 8.01. The average Bonchev–Trinajstić information content (AvgIpc) is 2.57. The van der Waals surface area contributed by atoms with Crippen molar-refractivity contribution in [2.75, 3.05) is 6.61 Å². The normalized spacial score (nSPS) is 13.0. The molecule has 0 unspecified atom stereocenters. The second-order valence-electron chi connectivity index (χ2n) is 6.03.